The number of benzene rings is 1. The molecule has 1 atom stereocenters. The van der Waals surface area contributed by atoms with Gasteiger partial charge in [0.05, 0.1) is 23.7 Å². The zero-order valence-electron chi connectivity index (χ0n) is 15.3. The van der Waals surface area contributed by atoms with Gasteiger partial charge in [-0.05, 0) is 53.6 Å². The molecular weight excluding hydrogens is 516 g/mol. The number of rotatable bonds is 8. The van der Waals surface area contributed by atoms with Gasteiger partial charge in [0.15, 0.2) is 0 Å². The van der Waals surface area contributed by atoms with Crippen LogP contribution in [0.3, 0.4) is 0 Å². The van der Waals surface area contributed by atoms with Crippen molar-refractivity contribution in [1.29, 1.82) is 0 Å². The molecule has 1 aliphatic rings. The maximum atomic E-state index is 14.4. The lowest BCUT2D eigenvalue weighted by atomic mass is 10.1. The van der Waals surface area contributed by atoms with Crippen LogP contribution in [0.4, 0.5) is 15.8 Å². The Morgan fingerprint density at radius 2 is 2.24 bits per heavy atom. The zero-order valence-corrected chi connectivity index (χ0v) is 18.3. The number of nitrogens with zero attached hydrogens (tertiary/aromatic N) is 1. The molecule has 1 aliphatic heterocycles. The number of pyridine rings is 1. The second kappa shape index (κ2) is 9.43. The second-order valence-electron chi connectivity index (χ2n) is 6.55. The molecule has 4 N–H and O–H groups in total. The average molecular weight is 536 g/mol. The topological polar surface area (TPSA) is 95.8 Å². The van der Waals surface area contributed by atoms with E-state index < -0.39 is 18.5 Å². The Morgan fingerprint density at radius 3 is 2.93 bits per heavy atom. The number of hydrogen-bond acceptors (Lipinski definition) is 6. The van der Waals surface area contributed by atoms with Crippen LogP contribution in [0, 0.1) is 9.39 Å². The first kappa shape index (κ1) is 22.0. The molecule has 0 saturated carbocycles. The Labute approximate surface area is 185 Å². The first-order valence-electron chi connectivity index (χ1n) is 8.86. The van der Waals surface area contributed by atoms with Crippen molar-refractivity contribution in [2.75, 3.05) is 18.5 Å². The third-order valence-electron chi connectivity index (χ3n) is 4.49. The molecule has 7 nitrogen and oxygen atoms in total. The summed E-state index contributed by atoms with van der Waals surface area (Å²) in [4.78, 5) is 17.9. The zero-order chi connectivity index (χ0) is 21.1. The van der Waals surface area contributed by atoms with Gasteiger partial charge in [0, 0.05) is 21.4 Å². The molecule has 10 heteroatoms. The number of hydrogen-bond donors (Lipinski definition) is 4. The van der Waals surface area contributed by atoms with Gasteiger partial charge < -0.3 is 20.1 Å². The minimum Gasteiger partial charge on any atom is -0.394 e. The first-order chi connectivity index (χ1) is 13.8. The van der Waals surface area contributed by atoms with Gasteiger partial charge in [0.25, 0.3) is 5.56 Å². The van der Waals surface area contributed by atoms with E-state index >= 15 is 0 Å². The summed E-state index contributed by atoms with van der Waals surface area (Å²) >= 11 is 8.37. The quantitative estimate of drug-likeness (QED) is 0.307. The van der Waals surface area contributed by atoms with E-state index in [0.29, 0.717) is 24.2 Å². The Hall–Kier alpha value is -1.66. The van der Waals surface area contributed by atoms with Crippen molar-refractivity contribution in [2.24, 2.45) is 0 Å². The lowest BCUT2D eigenvalue weighted by Gasteiger charge is -2.21. The summed E-state index contributed by atoms with van der Waals surface area (Å²) in [5, 5.41) is 21.1. The van der Waals surface area contributed by atoms with Crippen molar-refractivity contribution < 1.29 is 19.4 Å². The van der Waals surface area contributed by atoms with Crippen LogP contribution in [0.1, 0.15) is 17.7 Å². The SMILES string of the molecule is C=C(NOC[C@H](O)CO)c1c(Nc2ccc(I)cc2F)c(Cl)c(=O)n2c1CCC2. The summed E-state index contributed by atoms with van der Waals surface area (Å²) in [7, 11) is 0. The summed E-state index contributed by atoms with van der Waals surface area (Å²) < 4.78 is 16.7. The van der Waals surface area contributed by atoms with E-state index in [1.807, 2.05) is 22.6 Å². The predicted molar refractivity (Wildman–Crippen MR) is 118 cm³/mol. The molecule has 1 aromatic heterocycles. The van der Waals surface area contributed by atoms with Crippen molar-refractivity contribution in [1.82, 2.24) is 10.0 Å². The molecule has 2 aromatic rings. The molecule has 29 heavy (non-hydrogen) atoms. The highest BCUT2D eigenvalue weighted by Gasteiger charge is 2.26. The van der Waals surface area contributed by atoms with Crippen LogP contribution >= 0.6 is 34.2 Å². The van der Waals surface area contributed by atoms with Gasteiger partial charge in [0.2, 0.25) is 0 Å². The summed E-state index contributed by atoms with van der Waals surface area (Å²) in [6, 6.07) is 4.65. The Bertz CT molecular complexity index is 998. The highest BCUT2D eigenvalue weighted by molar-refractivity contribution is 14.1. The maximum absolute atomic E-state index is 14.4. The minimum absolute atomic E-state index is 0.0815. The number of hydroxylamine groups is 1. The van der Waals surface area contributed by atoms with E-state index in [4.69, 9.17) is 21.5 Å². The van der Waals surface area contributed by atoms with E-state index in [-0.39, 0.29) is 34.3 Å². The van der Waals surface area contributed by atoms with Gasteiger partial charge in [-0.3, -0.25) is 15.1 Å². The highest BCUT2D eigenvalue weighted by atomic mass is 127. The smallest absolute Gasteiger partial charge is 0.271 e. The lowest BCUT2D eigenvalue weighted by molar-refractivity contribution is -0.0189. The molecule has 0 spiro atoms. The van der Waals surface area contributed by atoms with Crippen molar-refractivity contribution in [3.63, 3.8) is 0 Å². The Kier molecular flexibility index (Phi) is 7.17. The van der Waals surface area contributed by atoms with Crippen LogP contribution in [-0.2, 0) is 17.8 Å². The van der Waals surface area contributed by atoms with Gasteiger partial charge in [-0.15, -0.1) is 0 Å². The highest BCUT2D eigenvalue weighted by Crippen LogP contribution is 2.36. The Morgan fingerprint density at radius 1 is 1.48 bits per heavy atom. The molecule has 2 heterocycles. The third kappa shape index (κ3) is 4.75. The molecular formula is C19H20ClFIN3O4. The maximum Gasteiger partial charge on any atom is 0.271 e. The summed E-state index contributed by atoms with van der Waals surface area (Å²) in [6.45, 7) is 3.85. The first-order valence-corrected chi connectivity index (χ1v) is 10.3. The van der Waals surface area contributed by atoms with Crippen LogP contribution in [0.2, 0.25) is 5.02 Å². The van der Waals surface area contributed by atoms with Crippen LogP contribution in [-0.4, -0.2) is 34.1 Å². The number of halogens is 3. The molecule has 156 valence electrons. The summed E-state index contributed by atoms with van der Waals surface area (Å²) in [5.41, 5.74) is 4.15. The molecule has 0 saturated heterocycles. The molecule has 1 aromatic carbocycles. The van der Waals surface area contributed by atoms with Crippen LogP contribution in [0.15, 0.2) is 29.6 Å². The van der Waals surface area contributed by atoms with Gasteiger partial charge in [-0.2, -0.15) is 0 Å². The fourth-order valence-corrected chi connectivity index (χ4v) is 3.83. The fourth-order valence-electron chi connectivity index (χ4n) is 3.13. The van der Waals surface area contributed by atoms with E-state index in [1.165, 1.54) is 6.07 Å². The molecule has 0 fully saturated rings. The molecule has 0 amide bonds. The number of aromatic nitrogens is 1. The van der Waals surface area contributed by atoms with E-state index in [9.17, 15) is 14.3 Å². The number of fused-ring (bicyclic) bond motifs is 1. The van der Waals surface area contributed by atoms with Crippen LogP contribution < -0.4 is 16.4 Å². The van der Waals surface area contributed by atoms with Crippen molar-refractivity contribution in [3.05, 3.63) is 60.8 Å². The van der Waals surface area contributed by atoms with E-state index in [2.05, 4.69) is 17.4 Å². The van der Waals surface area contributed by atoms with Crippen LogP contribution in [0.25, 0.3) is 5.70 Å². The van der Waals surface area contributed by atoms with Gasteiger partial charge in [-0.25, -0.2) is 4.39 Å². The van der Waals surface area contributed by atoms with Gasteiger partial charge in [-0.1, -0.05) is 18.2 Å². The number of nitrogens with one attached hydrogen (secondary N) is 2. The molecule has 3 rings (SSSR count). The average Bonchev–Trinajstić information content (AvgIpc) is 3.17. The standard InChI is InChI=1S/C19H20ClFIN3O4/c1-10(24-29-9-12(27)8-26)16-15-3-2-6-25(15)19(28)17(20)18(16)23-14-5-4-11(22)7-13(14)21/h4-5,7,12,23-24,26-27H,1-3,6,8-9H2/t12-/m1/s1. The number of anilines is 2. The number of aliphatic hydroxyl groups is 2. The van der Waals surface area contributed by atoms with Crippen molar-refractivity contribution >= 4 is 51.3 Å². The largest absolute Gasteiger partial charge is 0.394 e. The van der Waals surface area contributed by atoms with Gasteiger partial charge >= 0.3 is 0 Å². The summed E-state index contributed by atoms with van der Waals surface area (Å²) in [5.74, 6) is -0.486. The van der Waals surface area contributed by atoms with Crippen molar-refractivity contribution in [2.45, 2.75) is 25.5 Å². The fraction of sp³-hybridized carbons (Fsp3) is 0.316. The third-order valence-corrected chi connectivity index (χ3v) is 5.51. The van der Waals surface area contributed by atoms with Crippen molar-refractivity contribution in [3.8, 4) is 0 Å². The van der Waals surface area contributed by atoms with E-state index in [1.54, 1.807) is 16.7 Å². The van der Waals surface area contributed by atoms with Crippen LogP contribution in [0.5, 0.6) is 0 Å². The summed E-state index contributed by atoms with van der Waals surface area (Å²) in [6.07, 6.45) is 0.324. The normalized spacial score (nSPS) is 13.8. The minimum atomic E-state index is -1.05. The molecule has 0 aliphatic carbocycles. The van der Waals surface area contributed by atoms with E-state index in [0.717, 1.165) is 9.99 Å². The monoisotopic (exact) mass is 535 g/mol. The predicted octanol–water partition coefficient (Wildman–Crippen LogP) is 2.78. The lowest BCUT2D eigenvalue weighted by Crippen LogP contribution is -2.27. The molecule has 0 radical (unpaired) electrons. The molecule has 0 bridgehead atoms. The second-order valence-corrected chi connectivity index (χ2v) is 8.17. The Balaban J connectivity index is 2.01. The molecule has 0 unspecified atom stereocenters. The van der Waals surface area contributed by atoms with Gasteiger partial charge in [0.1, 0.15) is 23.6 Å². The number of aliphatic hydroxyl groups excluding tert-OH is 2.